The third-order valence-electron chi connectivity index (χ3n) is 5.25. The van der Waals surface area contributed by atoms with Crippen LogP contribution in [-0.2, 0) is 4.79 Å². The van der Waals surface area contributed by atoms with Crippen LogP contribution in [0.5, 0.6) is 0 Å². The van der Waals surface area contributed by atoms with Crippen LogP contribution in [0.3, 0.4) is 0 Å². The fourth-order valence-electron chi connectivity index (χ4n) is 3.56. The minimum atomic E-state index is 0.204. The van der Waals surface area contributed by atoms with Gasteiger partial charge in [0.1, 0.15) is 0 Å². The van der Waals surface area contributed by atoms with Crippen molar-refractivity contribution < 1.29 is 4.79 Å². The van der Waals surface area contributed by atoms with Crippen molar-refractivity contribution in [1.29, 1.82) is 0 Å². The Kier molecular flexibility index (Phi) is 5.85. The third-order valence-corrected chi connectivity index (χ3v) is 5.25. The fourth-order valence-corrected chi connectivity index (χ4v) is 3.56. The normalized spacial score (nSPS) is 35.8. The maximum atomic E-state index is 12.2. The van der Waals surface area contributed by atoms with Crippen molar-refractivity contribution in [1.82, 2.24) is 10.2 Å². The number of hydrogen-bond donors (Lipinski definition) is 2. The Morgan fingerprint density at radius 1 is 1.20 bits per heavy atom. The summed E-state index contributed by atoms with van der Waals surface area (Å²) in [5.41, 5.74) is 5.82. The molecule has 1 aliphatic heterocycles. The van der Waals surface area contributed by atoms with E-state index >= 15 is 0 Å². The van der Waals surface area contributed by atoms with Gasteiger partial charge in [0.05, 0.1) is 6.54 Å². The minimum absolute atomic E-state index is 0.204. The lowest BCUT2D eigenvalue weighted by Gasteiger charge is -2.36. The maximum Gasteiger partial charge on any atom is 0.234 e. The van der Waals surface area contributed by atoms with Crippen molar-refractivity contribution >= 4 is 5.91 Å². The first-order chi connectivity index (χ1) is 9.58. The molecule has 1 saturated carbocycles. The number of hydrogen-bond acceptors (Lipinski definition) is 3. The Hall–Kier alpha value is -0.610. The van der Waals surface area contributed by atoms with Gasteiger partial charge in [-0.1, -0.05) is 13.8 Å². The van der Waals surface area contributed by atoms with Crippen LogP contribution >= 0.6 is 0 Å². The number of likely N-dealkylation sites (tertiary alicyclic amines) is 1. The number of rotatable bonds is 4. The highest BCUT2D eigenvalue weighted by Gasteiger charge is 2.27. The molecule has 2 fully saturated rings. The number of carbonyl (C=O) groups excluding carboxylic acids is 1. The number of nitrogens with one attached hydrogen (secondary N) is 1. The lowest BCUT2D eigenvalue weighted by atomic mass is 9.87. The van der Waals surface area contributed by atoms with Crippen LogP contribution in [0, 0.1) is 17.8 Å². The molecule has 2 rings (SSSR count). The molecule has 3 N–H and O–H groups in total. The molecule has 2 unspecified atom stereocenters. The van der Waals surface area contributed by atoms with Gasteiger partial charge in [0.25, 0.3) is 0 Å². The van der Waals surface area contributed by atoms with Crippen molar-refractivity contribution in [3.8, 4) is 0 Å². The molecular formula is C16H31N3O. The largest absolute Gasteiger partial charge is 0.352 e. The molecule has 0 aromatic carbocycles. The van der Waals surface area contributed by atoms with Crippen molar-refractivity contribution in [3.05, 3.63) is 0 Å². The van der Waals surface area contributed by atoms with Gasteiger partial charge in [-0.05, 0) is 62.9 Å². The molecule has 1 saturated heterocycles. The molecule has 2 aliphatic rings. The predicted octanol–water partition coefficient (Wildman–Crippen LogP) is 1.60. The van der Waals surface area contributed by atoms with E-state index < -0.39 is 0 Å². The van der Waals surface area contributed by atoms with Gasteiger partial charge in [-0.25, -0.2) is 0 Å². The van der Waals surface area contributed by atoms with Crippen LogP contribution in [0.4, 0.5) is 0 Å². The zero-order valence-electron chi connectivity index (χ0n) is 13.1. The summed E-state index contributed by atoms with van der Waals surface area (Å²) < 4.78 is 0. The standard InChI is InChI=1S/C16H31N3O/c1-12-3-5-15(6-4-12)18-16(20)11-19-8-7-13(2)14(9-17)10-19/h12-15H,3-11,17H2,1-2H3,(H,18,20). The van der Waals surface area contributed by atoms with E-state index in [1.807, 2.05) is 0 Å². The third kappa shape index (κ3) is 4.45. The second kappa shape index (κ2) is 7.41. The zero-order valence-corrected chi connectivity index (χ0v) is 13.1. The average molecular weight is 281 g/mol. The van der Waals surface area contributed by atoms with E-state index in [-0.39, 0.29) is 5.91 Å². The summed E-state index contributed by atoms with van der Waals surface area (Å²) in [4.78, 5) is 14.4. The molecule has 0 aromatic rings. The fraction of sp³-hybridized carbons (Fsp3) is 0.938. The number of amides is 1. The molecule has 0 spiro atoms. The number of piperidine rings is 1. The molecule has 0 bridgehead atoms. The second-order valence-corrected chi connectivity index (χ2v) is 7.02. The smallest absolute Gasteiger partial charge is 0.234 e. The maximum absolute atomic E-state index is 12.2. The highest BCUT2D eigenvalue weighted by molar-refractivity contribution is 5.78. The van der Waals surface area contributed by atoms with E-state index in [9.17, 15) is 4.79 Å². The highest BCUT2D eigenvalue weighted by Crippen LogP contribution is 2.24. The SMILES string of the molecule is CC1CCC(NC(=O)CN2CCC(C)C(CN)C2)CC1. The summed E-state index contributed by atoms with van der Waals surface area (Å²) in [5, 5.41) is 3.22. The van der Waals surface area contributed by atoms with Gasteiger partial charge >= 0.3 is 0 Å². The summed E-state index contributed by atoms with van der Waals surface area (Å²) in [5.74, 6) is 2.28. The van der Waals surface area contributed by atoms with Gasteiger partial charge in [0.15, 0.2) is 0 Å². The van der Waals surface area contributed by atoms with Gasteiger partial charge in [-0.2, -0.15) is 0 Å². The van der Waals surface area contributed by atoms with E-state index in [0.717, 1.165) is 44.8 Å². The van der Waals surface area contributed by atoms with Gasteiger partial charge in [-0.3, -0.25) is 9.69 Å². The van der Waals surface area contributed by atoms with Crippen LogP contribution in [0.25, 0.3) is 0 Å². The molecule has 2 atom stereocenters. The summed E-state index contributed by atoms with van der Waals surface area (Å²) in [6.07, 6.45) is 5.96. The molecule has 0 aromatic heterocycles. The predicted molar refractivity (Wildman–Crippen MR) is 82.3 cm³/mol. The molecule has 4 heteroatoms. The Morgan fingerprint density at radius 2 is 1.90 bits per heavy atom. The van der Waals surface area contributed by atoms with Crippen molar-refractivity contribution in [2.45, 2.75) is 52.0 Å². The summed E-state index contributed by atoms with van der Waals surface area (Å²) in [6.45, 7) is 7.88. The van der Waals surface area contributed by atoms with E-state index in [1.165, 1.54) is 12.8 Å². The summed E-state index contributed by atoms with van der Waals surface area (Å²) >= 11 is 0. The monoisotopic (exact) mass is 281 g/mol. The number of carbonyl (C=O) groups is 1. The first kappa shape index (κ1) is 15.8. The highest BCUT2D eigenvalue weighted by atomic mass is 16.2. The molecule has 1 heterocycles. The van der Waals surface area contributed by atoms with E-state index in [2.05, 4.69) is 24.1 Å². The van der Waals surface area contributed by atoms with Crippen molar-refractivity contribution in [2.75, 3.05) is 26.2 Å². The Bertz CT molecular complexity index is 313. The Labute approximate surface area is 123 Å². The topological polar surface area (TPSA) is 58.4 Å². The lowest BCUT2D eigenvalue weighted by molar-refractivity contribution is -0.123. The van der Waals surface area contributed by atoms with Crippen LogP contribution < -0.4 is 11.1 Å². The van der Waals surface area contributed by atoms with Crippen LogP contribution in [0.2, 0.25) is 0 Å². The van der Waals surface area contributed by atoms with Gasteiger partial charge in [0, 0.05) is 12.6 Å². The minimum Gasteiger partial charge on any atom is -0.352 e. The quantitative estimate of drug-likeness (QED) is 0.823. The molecule has 1 amide bonds. The molecule has 116 valence electrons. The molecule has 0 radical (unpaired) electrons. The lowest BCUT2D eigenvalue weighted by Crippen LogP contribution is -2.48. The molecular weight excluding hydrogens is 250 g/mol. The zero-order chi connectivity index (χ0) is 14.5. The molecule has 4 nitrogen and oxygen atoms in total. The summed E-state index contributed by atoms with van der Waals surface area (Å²) in [6, 6.07) is 0.410. The van der Waals surface area contributed by atoms with Crippen LogP contribution in [0.1, 0.15) is 46.0 Å². The van der Waals surface area contributed by atoms with Gasteiger partial charge in [-0.15, -0.1) is 0 Å². The summed E-state index contributed by atoms with van der Waals surface area (Å²) in [7, 11) is 0. The molecule has 20 heavy (non-hydrogen) atoms. The number of nitrogens with two attached hydrogens (primary N) is 1. The van der Waals surface area contributed by atoms with E-state index in [4.69, 9.17) is 5.73 Å². The van der Waals surface area contributed by atoms with E-state index in [1.54, 1.807) is 0 Å². The van der Waals surface area contributed by atoms with Crippen molar-refractivity contribution in [2.24, 2.45) is 23.5 Å². The molecule has 1 aliphatic carbocycles. The van der Waals surface area contributed by atoms with Crippen LogP contribution in [-0.4, -0.2) is 43.0 Å². The Morgan fingerprint density at radius 3 is 2.55 bits per heavy atom. The average Bonchev–Trinajstić information content (AvgIpc) is 2.43. The number of nitrogens with zero attached hydrogens (tertiary/aromatic N) is 1. The van der Waals surface area contributed by atoms with Gasteiger partial charge in [0.2, 0.25) is 5.91 Å². The van der Waals surface area contributed by atoms with E-state index in [0.29, 0.717) is 24.4 Å². The Balaban J connectivity index is 1.71. The first-order valence-electron chi connectivity index (χ1n) is 8.30. The van der Waals surface area contributed by atoms with Crippen molar-refractivity contribution in [3.63, 3.8) is 0 Å². The second-order valence-electron chi connectivity index (χ2n) is 7.02. The van der Waals surface area contributed by atoms with Gasteiger partial charge < -0.3 is 11.1 Å². The first-order valence-corrected chi connectivity index (χ1v) is 8.30. The van der Waals surface area contributed by atoms with Crippen LogP contribution in [0.15, 0.2) is 0 Å².